The highest BCUT2D eigenvalue weighted by atomic mass is 16.2. The number of nitrogen functional groups attached to an aromatic ring is 1. The first kappa shape index (κ1) is 14.5. The third-order valence-electron chi connectivity index (χ3n) is 2.98. The molecule has 1 heterocycles. The third kappa shape index (κ3) is 3.36. The predicted octanol–water partition coefficient (Wildman–Crippen LogP) is 1.58. The average molecular weight is 284 g/mol. The van der Waals surface area contributed by atoms with E-state index in [4.69, 9.17) is 5.73 Å². The number of aromatic nitrogens is 1. The lowest BCUT2D eigenvalue weighted by Crippen LogP contribution is -2.18. The number of amides is 2. The highest BCUT2D eigenvalue weighted by Crippen LogP contribution is 2.17. The van der Waals surface area contributed by atoms with Crippen LogP contribution in [0.1, 0.15) is 26.4 Å². The van der Waals surface area contributed by atoms with Gasteiger partial charge in [-0.3, -0.25) is 9.59 Å². The number of pyridine rings is 1. The lowest BCUT2D eigenvalue weighted by molar-refractivity contribution is 0.0962. The molecule has 0 aliphatic carbocycles. The maximum atomic E-state index is 12.1. The van der Waals surface area contributed by atoms with Gasteiger partial charge in [-0.05, 0) is 42.8 Å². The molecule has 0 atom stereocenters. The quantitative estimate of drug-likeness (QED) is 0.797. The molecule has 0 bridgehead atoms. The first-order valence-electron chi connectivity index (χ1n) is 6.37. The van der Waals surface area contributed by atoms with Crippen LogP contribution in [0.25, 0.3) is 0 Å². The third-order valence-corrected chi connectivity index (χ3v) is 2.98. The maximum absolute atomic E-state index is 12.1. The van der Waals surface area contributed by atoms with Gasteiger partial charge in [-0.15, -0.1) is 0 Å². The van der Waals surface area contributed by atoms with Gasteiger partial charge in [-0.25, -0.2) is 4.98 Å². The van der Waals surface area contributed by atoms with Crippen molar-refractivity contribution in [3.8, 4) is 0 Å². The van der Waals surface area contributed by atoms with E-state index in [-0.39, 0.29) is 17.5 Å². The zero-order valence-electron chi connectivity index (χ0n) is 11.8. The number of carbonyl (C=O) groups excluding carboxylic acids is 2. The van der Waals surface area contributed by atoms with Crippen LogP contribution >= 0.6 is 0 Å². The lowest BCUT2D eigenvalue weighted by Gasteiger charge is -2.09. The summed E-state index contributed by atoms with van der Waals surface area (Å²) < 4.78 is 0. The standard InChI is InChI=1S/C15H16N4O2/c1-9-7-10(14(20)17-2)3-5-12(9)19-15(21)13-6-4-11(16)8-18-13/h3-8H,16H2,1-2H3,(H,17,20)(H,19,21). The number of rotatable bonds is 3. The van der Waals surface area contributed by atoms with Gasteiger partial charge in [0.1, 0.15) is 5.69 Å². The molecule has 1 aromatic heterocycles. The summed E-state index contributed by atoms with van der Waals surface area (Å²) in [6, 6.07) is 8.22. The van der Waals surface area contributed by atoms with Crippen LogP contribution in [-0.2, 0) is 0 Å². The largest absolute Gasteiger partial charge is 0.397 e. The summed E-state index contributed by atoms with van der Waals surface area (Å²) in [4.78, 5) is 27.6. The van der Waals surface area contributed by atoms with Crippen LogP contribution in [0.3, 0.4) is 0 Å². The van der Waals surface area contributed by atoms with Gasteiger partial charge in [0.25, 0.3) is 11.8 Å². The van der Waals surface area contributed by atoms with E-state index in [0.29, 0.717) is 16.9 Å². The summed E-state index contributed by atoms with van der Waals surface area (Å²) in [6.07, 6.45) is 1.43. The molecular formula is C15H16N4O2. The number of hydrogen-bond acceptors (Lipinski definition) is 4. The van der Waals surface area contributed by atoms with Gasteiger partial charge in [-0.1, -0.05) is 0 Å². The zero-order chi connectivity index (χ0) is 15.4. The summed E-state index contributed by atoms with van der Waals surface area (Å²) in [6.45, 7) is 1.82. The van der Waals surface area contributed by atoms with Crippen molar-refractivity contribution < 1.29 is 9.59 Å². The van der Waals surface area contributed by atoms with Crippen molar-refractivity contribution in [1.29, 1.82) is 0 Å². The summed E-state index contributed by atoms with van der Waals surface area (Å²) in [5, 5.41) is 5.31. The van der Waals surface area contributed by atoms with Crippen molar-refractivity contribution >= 4 is 23.2 Å². The Labute approximate surface area is 122 Å². The molecule has 6 heteroatoms. The summed E-state index contributed by atoms with van der Waals surface area (Å²) in [5.74, 6) is -0.498. The molecule has 21 heavy (non-hydrogen) atoms. The molecule has 6 nitrogen and oxygen atoms in total. The average Bonchev–Trinajstić information content (AvgIpc) is 2.49. The van der Waals surface area contributed by atoms with Crippen molar-refractivity contribution in [2.75, 3.05) is 18.1 Å². The number of nitrogens with one attached hydrogen (secondary N) is 2. The molecule has 108 valence electrons. The van der Waals surface area contributed by atoms with Crippen LogP contribution in [0.4, 0.5) is 11.4 Å². The van der Waals surface area contributed by atoms with Gasteiger partial charge in [-0.2, -0.15) is 0 Å². The molecule has 0 aliphatic heterocycles. The molecule has 0 aliphatic rings. The Morgan fingerprint density at radius 1 is 1.14 bits per heavy atom. The maximum Gasteiger partial charge on any atom is 0.274 e. The molecule has 2 aromatic rings. The predicted molar refractivity (Wildman–Crippen MR) is 81.2 cm³/mol. The van der Waals surface area contributed by atoms with Gasteiger partial charge in [0.05, 0.1) is 11.9 Å². The topological polar surface area (TPSA) is 97.1 Å². The van der Waals surface area contributed by atoms with E-state index < -0.39 is 0 Å². The molecule has 0 saturated carbocycles. The minimum absolute atomic E-state index is 0.170. The van der Waals surface area contributed by atoms with E-state index in [9.17, 15) is 9.59 Å². The van der Waals surface area contributed by atoms with E-state index in [0.717, 1.165) is 5.56 Å². The number of nitrogens with zero attached hydrogens (tertiary/aromatic N) is 1. The van der Waals surface area contributed by atoms with Gasteiger partial charge in [0.15, 0.2) is 0 Å². The Hall–Kier alpha value is -2.89. The normalized spacial score (nSPS) is 10.0. The van der Waals surface area contributed by atoms with Crippen LogP contribution in [0.15, 0.2) is 36.5 Å². The molecule has 0 spiro atoms. The molecule has 2 amide bonds. The first-order chi connectivity index (χ1) is 10.0. The number of benzene rings is 1. The summed E-state index contributed by atoms with van der Waals surface area (Å²) >= 11 is 0. The van der Waals surface area contributed by atoms with Crippen LogP contribution in [0, 0.1) is 6.92 Å². The Bertz CT molecular complexity index is 681. The van der Waals surface area contributed by atoms with Crippen LogP contribution in [0.5, 0.6) is 0 Å². The van der Waals surface area contributed by atoms with E-state index in [1.54, 1.807) is 37.4 Å². The summed E-state index contributed by atoms with van der Waals surface area (Å²) in [7, 11) is 1.57. The molecular weight excluding hydrogens is 268 g/mol. The minimum Gasteiger partial charge on any atom is -0.397 e. The molecule has 4 N–H and O–H groups in total. The second-order valence-corrected chi connectivity index (χ2v) is 4.54. The SMILES string of the molecule is CNC(=O)c1ccc(NC(=O)c2ccc(N)cn2)c(C)c1. The Morgan fingerprint density at radius 2 is 1.90 bits per heavy atom. The fourth-order valence-corrected chi connectivity index (χ4v) is 1.82. The van der Waals surface area contributed by atoms with Crippen molar-refractivity contribution in [3.63, 3.8) is 0 Å². The van der Waals surface area contributed by atoms with Crippen molar-refractivity contribution in [1.82, 2.24) is 10.3 Å². The highest BCUT2D eigenvalue weighted by molar-refractivity contribution is 6.03. The lowest BCUT2D eigenvalue weighted by atomic mass is 10.1. The summed E-state index contributed by atoms with van der Waals surface area (Å²) in [5.41, 5.74) is 8.27. The van der Waals surface area contributed by atoms with Gasteiger partial charge >= 0.3 is 0 Å². The molecule has 0 unspecified atom stereocenters. The number of aryl methyl sites for hydroxylation is 1. The second-order valence-electron chi connectivity index (χ2n) is 4.54. The number of hydrogen-bond donors (Lipinski definition) is 3. The Kier molecular flexibility index (Phi) is 4.18. The molecule has 0 radical (unpaired) electrons. The van der Waals surface area contributed by atoms with Crippen molar-refractivity contribution in [2.24, 2.45) is 0 Å². The number of anilines is 2. The molecule has 0 saturated heterocycles. The highest BCUT2D eigenvalue weighted by Gasteiger charge is 2.10. The smallest absolute Gasteiger partial charge is 0.274 e. The molecule has 1 aromatic carbocycles. The Balaban J connectivity index is 2.18. The van der Waals surface area contributed by atoms with E-state index >= 15 is 0 Å². The fraction of sp³-hybridized carbons (Fsp3) is 0.133. The molecule has 0 fully saturated rings. The van der Waals surface area contributed by atoms with Gasteiger partial charge < -0.3 is 16.4 Å². The molecule has 2 rings (SSSR count). The zero-order valence-corrected chi connectivity index (χ0v) is 11.8. The number of nitrogens with two attached hydrogens (primary N) is 1. The van der Waals surface area contributed by atoms with Crippen LogP contribution in [-0.4, -0.2) is 23.8 Å². The number of carbonyl (C=O) groups is 2. The Morgan fingerprint density at radius 3 is 2.48 bits per heavy atom. The minimum atomic E-state index is -0.328. The fourth-order valence-electron chi connectivity index (χ4n) is 1.82. The van der Waals surface area contributed by atoms with E-state index in [1.165, 1.54) is 6.20 Å². The van der Waals surface area contributed by atoms with E-state index in [2.05, 4.69) is 15.6 Å². The van der Waals surface area contributed by atoms with E-state index in [1.807, 2.05) is 6.92 Å². The van der Waals surface area contributed by atoms with Gasteiger partial charge in [0.2, 0.25) is 0 Å². The van der Waals surface area contributed by atoms with Crippen molar-refractivity contribution in [3.05, 3.63) is 53.3 Å². The van der Waals surface area contributed by atoms with Gasteiger partial charge in [0, 0.05) is 18.3 Å². The first-order valence-corrected chi connectivity index (χ1v) is 6.37. The monoisotopic (exact) mass is 284 g/mol. The van der Waals surface area contributed by atoms with Crippen LogP contribution < -0.4 is 16.4 Å². The van der Waals surface area contributed by atoms with Crippen molar-refractivity contribution in [2.45, 2.75) is 6.92 Å². The second kappa shape index (κ2) is 6.04. The van der Waals surface area contributed by atoms with Crippen LogP contribution in [0.2, 0.25) is 0 Å².